The maximum absolute atomic E-state index is 11.6. The molecule has 0 radical (unpaired) electrons. The number of nitrogens with zero attached hydrogens (tertiary/aromatic N) is 1. The summed E-state index contributed by atoms with van der Waals surface area (Å²) in [4.78, 5) is 18.8. The highest BCUT2D eigenvalue weighted by Crippen LogP contribution is 2.42. The van der Waals surface area contributed by atoms with Crippen LogP contribution in [0.25, 0.3) is 0 Å². The number of aromatic amines is 1. The van der Waals surface area contributed by atoms with Crippen LogP contribution >= 0.6 is 46.1 Å². The minimum Gasteiger partial charge on any atom is -0.309 e. The summed E-state index contributed by atoms with van der Waals surface area (Å²) >= 11 is 5.91. The second-order valence-corrected chi connectivity index (χ2v) is 7.31. The first kappa shape index (κ1) is 12.8. The molecule has 16 heavy (non-hydrogen) atoms. The minimum absolute atomic E-state index is 0.0170. The number of nitrogens with one attached hydrogen (secondary N) is 1. The molecule has 2 unspecified atom stereocenters. The lowest BCUT2D eigenvalue weighted by Gasteiger charge is -2.28. The molecule has 1 aromatic heterocycles. The fraction of sp³-hybridized carbons (Fsp3) is 0.600. The fourth-order valence-corrected chi connectivity index (χ4v) is 4.99. The lowest BCUT2D eigenvalue weighted by molar-refractivity contribution is 0.743. The van der Waals surface area contributed by atoms with Crippen LogP contribution < -0.4 is 5.56 Å². The Bertz CT molecular complexity index is 424. The Hall–Kier alpha value is 0.310. The van der Waals surface area contributed by atoms with Gasteiger partial charge in [0.15, 0.2) is 0 Å². The first-order chi connectivity index (χ1) is 7.72. The molecule has 2 atom stereocenters. The molecular formula is C10H13IN2OS2. The zero-order valence-corrected chi connectivity index (χ0v) is 12.7. The van der Waals surface area contributed by atoms with Gasteiger partial charge in [0.05, 0.1) is 8.82 Å². The molecule has 6 heteroatoms. The first-order valence-electron chi connectivity index (χ1n) is 5.20. The van der Waals surface area contributed by atoms with Crippen molar-refractivity contribution in [3.8, 4) is 0 Å². The van der Waals surface area contributed by atoms with E-state index in [0.717, 1.165) is 18.0 Å². The topological polar surface area (TPSA) is 45.8 Å². The van der Waals surface area contributed by atoms with Gasteiger partial charge in [-0.1, -0.05) is 6.92 Å². The van der Waals surface area contributed by atoms with Crippen molar-refractivity contribution in [2.45, 2.75) is 23.8 Å². The molecule has 1 saturated heterocycles. The Kier molecular flexibility index (Phi) is 4.60. The SMILES string of the molecule is CCC1SCCSC1c1ncc(I)c(=O)[nH]1. The van der Waals surface area contributed by atoms with Crippen molar-refractivity contribution < 1.29 is 0 Å². The second-order valence-electron chi connectivity index (χ2n) is 3.55. The van der Waals surface area contributed by atoms with Crippen molar-refractivity contribution in [3.63, 3.8) is 0 Å². The van der Waals surface area contributed by atoms with E-state index in [4.69, 9.17) is 0 Å². The third-order valence-electron chi connectivity index (χ3n) is 2.50. The maximum atomic E-state index is 11.6. The molecule has 1 fully saturated rings. The van der Waals surface area contributed by atoms with E-state index in [0.29, 0.717) is 14.1 Å². The fourth-order valence-electron chi connectivity index (χ4n) is 1.69. The average molecular weight is 368 g/mol. The van der Waals surface area contributed by atoms with Gasteiger partial charge in [0.25, 0.3) is 5.56 Å². The van der Waals surface area contributed by atoms with Gasteiger partial charge in [-0.2, -0.15) is 11.8 Å². The van der Waals surface area contributed by atoms with Crippen LogP contribution in [0, 0.1) is 3.57 Å². The summed E-state index contributed by atoms with van der Waals surface area (Å²) in [6, 6.07) is 0. The van der Waals surface area contributed by atoms with Crippen molar-refractivity contribution in [1.29, 1.82) is 0 Å². The molecular weight excluding hydrogens is 355 g/mol. The van der Waals surface area contributed by atoms with Gasteiger partial charge in [0.1, 0.15) is 5.82 Å². The van der Waals surface area contributed by atoms with E-state index in [-0.39, 0.29) is 5.56 Å². The number of aromatic nitrogens is 2. The largest absolute Gasteiger partial charge is 0.309 e. The van der Waals surface area contributed by atoms with Crippen molar-refractivity contribution in [3.05, 3.63) is 25.9 Å². The van der Waals surface area contributed by atoms with E-state index in [1.807, 2.05) is 46.1 Å². The maximum Gasteiger partial charge on any atom is 0.264 e. The van der Waals surface area contributed by atoms with Crippen LogP contribution in [0.15, 0.2) is 11.0 Å². The average Bonchev–Trinajstić information content (AvgIpc) is 2.32. The van der Waals surface area contributed by atoms with Gasteiger partial charge in [-0.15, -0.1) is 11.8 Å². The Labute approximate surface area is 117 Å². The van der Waals surface area contributed by atoms with Gasteiger partial charge in [-0.3, -0.25) is 4.79 Å². The highest BCUT2D eigenvalue weighted by molar-refractivity contribution is 14.1. The van der Waals surface area contributed by atoms with E-state index >= 15 is 0 Å². The van der Waals surface area contributed by atoms with E-state index in [9.17, 15) is 4.79 Å². The summed E-state index contributed by atoms with van der Waals surface area (Å²) in [5.74, 6) is 3.19. The minimum atomic E-state index is -0.0170. The standard InChI is InChI=1S/C10H13IN2OS2/c1-2-7-8(16-4-3-15-7)9-12-5-6(11)10(14)13-9/h5,7-8H,2-4H2,1H3,(H,12,13,14). The number of thioether (sulfide) groups is 2. The Morgan fingerprint density at radius 2 is 2.31 bits per heavy atom. The van der Waals surface area contributed by atoms with Crippen molar-refractivity contribution in [2.24, 2.45) is 0 Å². The monoisotopic (exact) mass is 368 g/mol. The highest BCUT2D eigenvalue weighted by Gasteiger charge is 2.28. The Balaban J connectivity index is 2.27. The molecule has 1 aliphatic rings. The van der Waals surface area contributed by atoms with Crippen LogP contribution in [0.2, 0.25) is 0 Å². The highest BCUT2D eigenvalue weighted by atomic mass is 127. The quantitative estimate of drug-likeness (QED) is 0.816. The summed E-state index contributed by atoms with van der Waals surface area (Å²) in [6.07, 6.45) is 2.79. The zero-order valence-electron chi connectivity index (χ0n) is 8.90. The number of halogens is 1. The molecule has 88 valence electrons. The molecule has 3 nitrogen and oxygen atoms in total. The predicted octanol–water partition coefficient (Wildman–Crippen LogP) is 2.67. The van der Waals surface area contributed by atoms with Crippen molar-refractivity contribution in [2.75, 3.05) is 11.5 Å². The lowest BCUT2D eigenvalue weighted by atomic mass is 10.2. The van der Waals surface area contributed by atoms with Gasteiger partial charge in [-0.05, 0) is 29.0 Å². The second kappa shape index (κ2) is 5.77. The van der Waals surface area contributed by atoms with Crippen LogP contribution in [-0.2, 0) is 0 Å². The molecule has 1 N–H and O–H groups in total. The molecule has 0 bridgehead atoms. The predicted molar refractivity (Wildman–Crippen MR) is 79.3 cm³/mol. The van der Waals surface area contributed by atoms with Crippen LogP contribution in [-0.4, -0.2) is 26.7 Å². The molecule has 0 saturated carbocycles. The number of hydrogen-bond acceptors (Lipinski definition) is 4. The van der Waals surface area contributed by atoms with Crippen LogP contribution in [0.3, 0.4) is 0 Å². The molecule has 1 aromatic rings. The third kappa shape index (κ3) is 2.76. The number of H-pyrrole nitrogens is 1. The first-order valence-corrected chi connectivity index (χ1v) is 8.38. The Morgan fingerprint density at radius 1 is 1.56 bits per heavy atom. The van der Waals surface area contributed by atoms with E-state index in [1.54, 1.807) is 6.20 Å². The van der Waals surface area contributed by atoms with Crippen LogP contribution in [0.5, 0.6) is 0 Å². The van der Waals surface area contributed by atoms with Crippen molar-refractivity contribution in [1.82, 2.24) is 9.97 Å². The summed E-state index contributed by atoms with van der Waals surface area (Å²) in [5, 5.41) is 0.912. The lowest BCUT2D eigenvalue weighted by Crippen LogP contribution is -2.23. The smallest absolute Gasteiger partial charge is 0.264 e. The summed E-state index contributed by atoms with van der Waals surface area (Å²) in [6.45, 7) is 2.20. The molecule has 0 spiro atoms. The van der Waals surface area contributed by atoms with Gasteiger partial charge < -0.3 is 4.98 Å². The van der Waals surface area contributed by atoms with Crippen molar-refractivity contribution >= 4 is 46.1 Å². The van der Waals surface area contributed by atoms with Gasteiger partial charge in [0.2, 0.25) is 0 Å². The molecule has 0 aromatic carbocycles. The number of hydrogen-bond donors (Lipinski definition) is 1. The molecule has 2 rings (SSSR count). The van der Waals surface area contributed by atoms with E-state index in [2.05, 4.69) is 16.9 Å². The van der Waals surface area contributed by atoms with Crippen LogP contribution in [0.1, 0.15) is 24.4 Å². The number of rotatable bonds is 2. The van der Waals surface area contributed by atoms with E-state index < -0.39 is 0 Å². The summed E-state index contributed by atoms with van der Waals surface area (Å²) in [7, 11) is 0. The molecule has 1 aliphatic heterocycles. The van der Waals surface area contributed by atoms with E-state index in [1.165, 1.54) is 5.75 Å². The Morgan fingerprint density at radius 3 is 3.00 bits per heavy atom. The third-order valence-corrected chi connectivity index (χ3v) is 6.52. The summed E-state index contributed by atoms with van der Waals surface area (Å²) in [5.41, 5.74) is -0.0170. The van der Waals surface area contributed by atoms with Gasteiger partial charge in [0, 0.05) is 23.0 Å². The van der Waals surface area contributed by atoms with Gasteiger partial charge >= 0.3 is 0 Å². The molecule has 2 heterocycles. The zero-order chi connectivity index (χ0) is 11.5. The normalized spacial score (nSPS) is 25.6. The van der Waals surface area contributed by atoms with Crippen LogP contribution in [0.4, 0.5) is 0 Å². The molecule has 0 amide bonds. The van der Waals surface area contributed by atoms with Gasteiger partial charge in [-0.25, -0.2) is 4.98 Å². The summed E-state index contributed by atoms with van der Waals surface area (Å²) < 4.78 is 0.655. The molecule has 0 aliphatic carbocycles.